The zero-order chi connectivity index (χ0) is 52.7. The lowest BCUT2D eigenvalue weighted by atomic mass is 9.96. The van der Waals surface area contributed by atoms with Gasteiger partial charge in [0.2, 0.25) is 5.91 Å². The van der Waals surface area contributed by atoms with Gasteiger partial charge in [-0.3, -0.25) is 4.79 Å². The fraction of sp³-hybridized carbons (Fsp3) is 0.906. The Kier molecular flexibility index (Phi) is 34.0. The van der Waals surface area contributed by atoms with Crippen LogP contribution in [-0.2, 0) is 33.2 Å². The molecule has 3 fully saturated rings. The summed E-state index contributed by atoms with van der Waals surface area (Å²) in [4.78, 5) is 12.0. The van der Waals surface area contributed by atoms with Gasteiger partial charge in [-0.1, -0.05) is 166 Å². The maximum atomic E-state index is 12.0. The fourth-order valence-corrected chi connectivity index (χ4v) is 9.54. The molecule has 72 heavy (non-hydrogen) atoms. The number of hydrogen-bond acceptors (Lipinski definition) is 18. The second kappa shape index (κ2) is 37.9. The predicted molar refractivity (Wildman–Crippen MR) is 268 cm³/mol. The Bertz CT molecular complexity index is 1430. The summed E-state index contributed by atoms with van der Waals surface area (Å²) in [5.74, 6) is -0.462. The molecule has 0 aromatic rings. The molecule has 0 saturated carbocycles. The molecule has 3 rings (SSSR count). The van der Waals surface area contributed by atoms with Crippen molar-refractivity contribution in [1.29, 1.82) is 0 Å². The van der Waals surface area contributed by atoms with Crippen LogP contribution in [0.25, 0.3) is 0 Å². The van der Waals surface area contributed by atoms with E-state index in [2.05, 4.69) is 24.4 Å². The minimum atomic E-state index is -1.97. The second-order valence-electron chi connectivity index (χ2n) is 20.1. The number of aliphatic hydroxyl groups excluding tert-OH is 11. The fourth-order valence-electron chi connectivity index (χ4n) is 9.54. The van der Waals surface area contributed by atoms with E-state index in [-0.39, 0.29) is 6.61 Å². The summed E-state index contributed by atoms with van der Waals surface area (Å²) < 4.78 is 33.6. The maximum absolute atomic E-state index is 12.0. The van der Waals surface area contributed by atoms with Crippen LogP contribution in [0.4, 0.5) is 0 Å². The third-order valence-electron chi connectivity index (χ3n) is 14.0. The van der Waals surface area contributed by atoms with Gasteiger partial charge in [0.15, 0.2) is 18.9 Å². The van der Waals surface area contributed by atoms with E-state index in [9.17, 15) is 61.0 Å². The van der Waals surface area contributed by atoms with Gasteiger partial charge in [-0.2, -0.15) is 0 Å². The number of aliphatic hydroxyl groups is 11. The third kappa shape index (κ3) is 23.3. The molecule has 0 bridgehead atoms. The Balaban J connectivity index is 1.29. The van der Waals surface area contributed by atoms with Crippen LogP contribution in [0, 0.1) is 0 Å². The first-order chi connectivity index (χ1) is 34.8. The van der Waals surface area contributed by atoms with E-state index in [1.807, 2.05) is 0 Å². The standard InChI is InChI=1S/C53H97NO18/c1-3-4-5-6-7-8-9-10-11-12-13-14-15-16-17-18-19-20-21-22-23-24-25-26-27-28-29-30-31-38(59)37(54-36(2)58)35-67-51-47(65)44(62)49(40(33-56)69-51)72-53-48(66)45(63)50(41(34-57)70-53)71-52-46(64)43(61)42(60)39(32-55)68-52/h26-27,30-31,37-53,55-57,59-66H,3-25,28-29,32-35H2,1-2H3,(H,54,58)/b27-26+,31-30+. The van der Waals surface area contributed by atoms with Crippen molar-refractivity contribution in [3.8, 4) is 0 Å². The number of amides is 1. The van der Waals surface area contributed by atoms with Crippen LogP contribution in [-0.4, -0.2) is 193 Å². The largest absolute Gasteiger partial charge is 0.394 e. The number of nitrogens with one attached hydrogen (secondary N) is 1. The van der Waals surface area contributed by atoms with Gasteiger partial charge in [0.05, 0.1) is 38.6 Å². The molecule has 12 N–H and O–H groups in total. The van der Waals surface area contributed by atoms with Crippen molar-refractivity contribution in [3.05, 3.63) is 24.3 Å². The Morgan fingerprint density at radius 2 is 0.861 bits per heavy atom. The highest BCUT2D eigenvalue weighted by Gasteiger charge is 2.53. The van der Waals surface area contributed by atoms with Gasteiger partial charge in [0.25, 0.3) is 0 Å². The molecule has 0 aromatic heterocycles. The quantitative estimate of drug-likeness (QED) is 0.0311. The zero-order valence-electron chi connectivity index (χ0n) is 43.4. The monoisotopic (exact) mass is 1040 g/mol. The van der Waals surface area contributed by atoms with Crippen molar-refractivity contribution < 1.29 is 89.4 Å². The van der Waals surface area contributed by atoms with Crippen molar-refractivity contribution in [1.82, 2.24) is 5.32 Å². The number of carbonyl (C=O) groups is 1. The van der Waals surface area contributed by atoms with Gasteiger partial charge in [0.1, 0.15) is 73.2 Å². The van der Waals surface area contributed by atoms with E-state index < -0.39 is 130 Å². The molecule has 0 aromatic carbocycles. The highest BCUT2D eigenvalue weighted by molar-refractivity contribution is 5.73. The van der Waals surface area contributed by atoms with Crippen molar-refractivity contribution in [3.63, 3.8) is 0 Å². The van der Waals surface area contributed by atoms with Crippen LogP contribution in [0.2, 0.25) is 0 Å². The van der Waals surface area contributed by atoms with Crippen molar-refractivity contribution >= 4 is 5.91 Å². The molecule has 0 aliphatic carbocycles. The van der Waals surface area contributed by atoms with Gasteiger partial charge in [-0.05, 0) is 25.7 Å². The number of allylic oxidation sites excluding steroid dienone is 3. The number of hydrogen-bond donors (Lipinski definition) is 12. The zero-order valence-corrected chi connectivity index (χ0v) is 43.4. The summed E-state index contributed by atoms with van der Waals surface area (Å²) in [6.45, 7) is 0.732. The summed E-state index contributed by atoms with van der Waals surface area (Å²) in [6, 6.07) is -0.987. The summed E-state index contributed by atoms with van der Waals surface area (Å²) in [7, 11) is 0. The molecule has 3 aliphatic rings. The van der Waals surface area contributed by atoms with Gasteiger partial charge < -0.3 is 89.9 Å². The molecule has 3 heterocycles. The number of rotatable bonds is 39. The lowest BCUT2D eigenvalue weighted by Gasteiger charge is -2.48. The Hall–Kier alpha value is -1.73. The number of unbranched alkanes of at least 4 members (excludes halogenated alkanes) is 23. The maximum Gasteiger partial charge on any atom is 0.217 e. The van der Waals surface area contributed by atoms with Crippen molar-refractivity contribution in [2.45, 2.75) is 279 Å². The van der Waals surface area contributed by atoms with Crippen LogP contribution in [0.15, 0.2) is 24.3 Å². The summed E-state index contributed by atoms with van der Waals surface area (Å²) in [5, 5.41) is 118. The smallest absolute Gasteiger partial charge is 0.217 e. The first kappa shape index (κ1) is 64.6. The molecular formula is C53H97NO18. The average Bonchev–Trinajstić information content (AvgIpc) is 3.37. The molecule has 1 amide bonds. The normalized spacial score (nSPS) is 32.2. The molecule has 0 radical (unpaired) electrons. The van der Waals surface area contributed by atoms with Crippen LogP contribution >= 0.6 is 0 Å². The molecule has 19 heteroatoms. The molecule has 3 saturated heterocycles. The number of carbonyl (C=O) groups excluding carboxylic acids is 1. The first-order valence-electron chi connectivity index (χ1n) is 27.5. The van der Waals surface area contributed by atoms with Crippen LogP contribution in [0.3, 0.4) is 0 Å². The van der Waals surface area contributed by atoms with E-state index >= 15 is 0 Å². The van der Waals surface area contributed by atoms with Crippen molar-refractivity contribution in [2.75, 3.05) is 26.4 Å². The Labute approximate surface area is 428 Å². The summed E-state index contributed by atoms with van der Waals surface area (Å²) in [5.41, 5.74) is 0. The Morgan fingerprint density at radius 3 is 1.31 bits per heavy atom. The van der Waals surface area contributed by atoms with Gasteiger partial charge >= 0.3 is 0 Å². The van der Waals surface area contributed by atoms with Crippen LogP contribution in [0.5, 0.6) is 0 Å². The van der Waals surface area contributed by atoms with E-state index in [1.54, 1.807) is 6.08 Å². The number of ether oxygens (including phenoxy) is 6. The van der Waals surface area contributed by atoms with Gasteiger partial charge in [0, 0.05) is 6.92 Å². The van der Waals surface area contributed by atoms with Gasteiger partial charge in [-0.25, -0.2) is 0 Å². The highest BCUT2D eigenvalue weighted by Crippen LogP contribution is 2.33. The van der Waals surface area contributed by atoms with E-state index in [1.165, 1.54) is 148 Å². The predicted octanol–water partition coefficient (Wildman–Crippen LogP) is 3.20. The molecule has 17 unspecified atom stereocenters. The van der Waals surface area contributed by atoms with Crippen molar-refractivity contribution in [2.24, 2.45) is 0 Å². The molecule has 3 aliphatic heterocycles. The van der Waals surface area contributed by atoms with Crippen LogP contribution < -0.4 is 5.32 Å². The topological polar surface area (TPSA) is 307 Å². The lowest BCUT2D eigenvalue weighted by Crippen LogP contribution is -2.66. The third-order valence-corrected chi connectivity index (χ3v) is 14.0. The van der Waals surface area contributed by atoms with E-state index in [4.69, 9.17) is 28.4 Å². The average molecular weight is 1040 g/mol. The highest BCUT2D eigenvalue weighted by atomic mass is 16.8. The minimum Gasteiger partial charge on any atom is -0.394 e. The second-order valence-corrected chi connectivity index (χ2v) is 20.1. The SMILES string of the molecule is CCCCCCCCCCCCCCCCCCCCCCCC/C=C/CC/C=C/C(O)C(COC1OC(CO)C(OC2OC(CO)C(OC3OC(CO)C(O)C(O)C3O)C(O)C2O)C(O)C1O)NC(C)=O. The van der Waals surface area contributed by atoms with E-state index in [0.717, 1.165) is 19.3 Å². The van der Waals surface area contributed by atoms with Crippen LogP contribution in [0.1, 0.15) is 174 Å². The lowest BCUT2D eigenvalue weighted by molar-refractivity contribution is -0.379. The Morgan fingerprint density at radius 1 is 0.486 bits per heavy atom. The molecule has 0 spiro atoms. The van der Waals surface area contributed by atoms with E-state index in [0.29, 0.717) is 6.42 Å². The summed E-state index contributed by atoms with van der Waals surface area (Å²) in [6.07, 6.45) is 13.3. The first-order valence-corrected chi connectivity index (χ1v) is 27.5. The summed E-state index contributed by atoms with van der Waals surface area (Å²) >= 11 is 0. The molecular weight excluding hydrogens is 939 g/mol. The molecule has 422 valence electrons. The minimum absolute atomic E-state index is 0.382. The molecule has 19 nitrogen and oxygen atoms in total. The van der Waals surface area contributed by atoms with Gasteiger partial charge in [-0.15, -0.1) is 0 Å². The molecule has 17 atom stereocenters.